The van der Waals surface area contributed by atoms with Crippen LogP contribution in [0.2, 0.25) is 0 Å². The average Bonchev–Trinajstić information content (AvgIpc) is 3.31. The first-order chi connectivity index (χ1) is 12.5. The Morgan fingerprint density at radius 3 is 2.77 bits per heavy atom. The Labute approximate surface area is 148 Å². The third-order valence-electron chi connectivity index (χ3n) is 4.59. The van der Waals surface area contributed by atoms with Gasteiger partial charge in [-0.15, -0.1) is 0 Å². The fourth-order valence-corrected chi connectivity index (χ4v) is 3.28. The van der Waals surface area contributed by atoms with Crippen molar-refractivity contribution in [2.75, 3.05) is 13.1 Å². The minimum absolute atomic E-state index is 0.0365. The van der Waals surface area contributed by atoms with E-state index in [9.17, 15) is 14.9 Å². The summed E-state index contributed by atoms with van der Waals surface area (Å²) in [6.45, 7) is 3.21. The number of hydrogen-bond acceptors (Lipinski definition) is 6. The highest BCUT2D eigenvalue weighted by molar-refractivity contribution is 6.07. The van der Waals surface area contributed by atoms with E-state index < -0.39 is 4.92 Å². The number of benzene rings is 1. The van der Waals surface area contributed by atoms with Crippen molar-refractivity contribution < 1.29 is 14.2 Å². The van der Waals surface area contributed by atoms with Crippen molar-refractivity contribution in [2.24, 2.45) is 0 Å². The van der Waals surface area contributed by atoms with E-state index in [1.165, 1.54) is 12.1 Å². The number of carbonyl (C=O) groups excluding carboxylic acids is 1. The van der Waals surface area contributed by atoms with Gasteiger partial charge in [-0.2, -0.15) is 0 Å². The molecule has 1 saturated heterocycles. The summed E-state index contributed by atoms with van der Waals surface area (Å²) >= 11 is 0. The quantitative estimate of drug-likeness (QED) is 0.529. The minimum atomic E-state index is -0.461. The summed E-state index contributed by atoms with van der Waals surface area (Å²) in [5.41, 5.74) is 2.28. The smallest absolute Gasteiger partial charge is 0.270 e. The Morgan fingerprint density at radius 2 is 2.04 bits per heavy atom. The summed E-state index contributed by atoms with van der Waals surface area (Å²) in [5, 5.41) is 15.6. The van der Waals surface area contributed by atoms with Gasteiger partial charge in [0.1, 0.15) is 0 Å². The van der Waals surface area contributed by atoms with Crippen LogP contribution in [0.4, 0.5) is 5.69 Å². The zero-order valence-electron chi connectivity index (χ0n) is 14.1. The number of fused-ring (bicyclic) bond motifs is 1. The monoisotopic (exact) mass is 352 g/mol. The van der Waals surface area contributed by atoms with Crippen LogP contribution in [0.25, 0.3) is 22.4 Å². The number of nitrogens with zero attached hydrogens (tertiary/aromatic N) is 4. The van der Waals surface area contributed by atoms with Crippen LogP contribution < -0.4 is 0 Å². The van der Waals surface area contributed by atoms with Crippen LogP contribution in [0.3, 0.4) is 0 Å². The molecule has 132 valence electrons. The Hall–Kier alpha value is -3.29. The summed E-state index contributed by atoms with van der Waals surface area (Å²) in [6.07, 6.45) is 1.97. The molecule has 2 aromatic heterocycles. The van der Waals surface area contributed by atoms with Crippen molar-refractivity contribution in [1.82, 2.24) is 15.0 Å². The third-order valence-corrected chi connectivity index (χ3v) is 4.59. The van der Waals surface area contributed by atoms with Crippen LogP contribution in [0.1, 0.15) is 28.9 Å². The molecule has 0 bridgehead atoms. The number of hydrogen-bond donors (Lipinski definition) is 0. The first kappa shape index (κ1) is 16.2. The predicted octanol–water partition coefficient (Wildman–Crippen LogP) is 3.34. The molecule has 1 fully saturated rings. The van der Waals surface area contributed by atoms with E-state index in [0.29, 0.717) is 27.9 Å². The summed E-state index contributed by atoms with van der Waals surface area (Å²) in [5.74, 6) is -0.0899. The summed E-state index contributed by atoms with van der Waals surface area (Å²) in [6, 6.07) is 7.83. The molecule has 1 aromatic carbocycles. The van der Waals surface area contributed by atoms with Gasteiger partial charge in [0.15, 0.2) is 0 Å². The van der Waals surface area contributed by atoms with Crippen LogP contribution >= 0.6 is 0 Å². The topological polar surface area (TPSA) is 102 Å². The Balaban J connectivity index is 1.88. The first-order valence-corrected chi connectivity index (χ1v) is 8.36. The van der Waals surface area contributed by atoms with Gasteiger partial charge >= 0.3 is 0 Å². The largest absolute Gasteiger partial charge is 0.339 e. The number of amides is 1. The van der Waals surface area contributed by atoms with Crippen molar-refractivity contribution in [3.63, 3.8) is 0 Å². The third kappa shape index (κ3) is 2.69. The van der Waals surface area contributed by atoms with Crippen LogP contribution in [0.5, 0.6) is 0 Å². The normalized spacial score (nSPS) is 14.1. The van der Waals surface area contributed by atoms with E-state index in [0.717, 1.165) is 25.9 Å². The van der Waals surface area contributed by atoms with E-state index in [1.54, 1.807) is 30.0 Å². The fraction of sp³-hybridized carbons (Fsp3) is 0.278. The number of pyridine rings is 1. The lowest BCUT2D eigenvalue weighted by Gasteiger charge is -2.16. The minimum Gasteiger partial charge on any atom is -0.339 e. The van der Waals surface area contributed by atoms with Crippen LogP contribution in [-0.4, -0.2) is 39.0 Å². The number of nitro groups is 1. The van der Waals surface area contributed by atoms with E-state index in [4.69, 9.17) is 4.52 Å². The summed E-state index contributed by atoms with van der Waals surface area (Å²) in [7, 11) is 0. The van der Waals surface area contributed by atoms with Crippen LogP contribution in [0, 0.1) is 17.0 Å². The molecule has 1 aliphatic rings. The van der Waals surface area contributed by atoms with Crippen LogP contribution in [0.15, 0.2) is 34.9 Å². The number of nitro benzene ring substituents is 1. The molecule has 0 spiro atoms. The molecule has 3 heterocycles. The van der Waals surface area contributed by atoms with Crippen molar-refractivity contribution in [1.29, 1.82) is 0 Å². The molecule has 3 aromatic rings. The first-order valence-electron chi connectivity index (χ1n) is 8.36. The zero-order valence-corrected chi connectivity index (χ0v) is 14.1. The van der Waals surface area contributed by atoms with E-state index in [1.807, 2.05) is 0 Å². The van der Waals surface area contributed by atoms with E-state index >= 15 is 0 Å². The van der Waals surface area contributed by atoms with Gasteiger partial charge in [-0.05, 0) is 25.8 Å². The highest BCUT2D eigenvalue weighted by Gasteiger charge is 2.25. The Kier molecular flexibility index (Phi) is 3.87. The Morgan fingerprint density at radius 1 is 1.27 bits per heavy atom. The standard InChI is InChI=1S/C18H16N4O4/c1-11-16-14(18(23)21-7-2-3-8-21)10-15(19-17(16)26-20-11)12-5-4-6-13(9-12)22(24)25/h4-6,9-10H,2-3,7-8H2,1H3. The van der Waals surface area contributed by atoms with E-state index in [-0.39, 0.29) is 17.3 Å². The fourth-order valence-electron chi connectivity index (χ4n) is 3.28. The van der Waals surface area contributed by atoms with Crippen LogP contribution in [-0.2, 0) is 0 Å². The molecule has 0 aliphatic carbocycles. The zero-order chi connectivity index (χ0) is 18.3. The molecule has 0 saturated carbocycles. The van der Waals surface area contributed by atoms with Gasteiger partial charge in [-0.1, -0.05) is 17.3 Å². The van der Waals surface area contributed by atoms with Gasteiger partial charge in [0, 0.05) is 30.8 Å². The summed E-state index contributed by atoms with van der Waals surface area (Å²) in [4.78, 5) is 29.8. The van der Waals surface area contributed by atoms with E-state index in [2.05, 4.69) is 10.1 Å². The second-order valence-corrected chi connectivity index (χ2v) is 6.31. The van der Waals surface area contributed by atoms with Gasteiger partial charge in [0.05, 0.1) is 27.3 Å². The van der Waals surface area contributed by atoms with Crippen molar-refractivity contribution in [2.45, 2.75) is 19.8 Å². The lowest BCUT2D eigenvalue weighted by Crippen LogP contribution is -2.27. The van der Waals surface area contributed by atoms with Crippen molar-refractivity contribution in [3.05, 3.63) is 51.7 Å². The molecule has 0 unspecified atom stereocenters. The highest BCUT2D eigenvalue weighted by atomic mass is 16.6. The molecule has 0 atom stereocenters. The number of carbonyl (C=O) groups is 1. The number of non-ortho nitro benzene ring substituents is 1. The number of aromatic nitrogens is 2. The second-order valence-electron chi connectivity index (χ2n) is 6.31. The number of aryl methyl sites for hydroxylation is 1. The summed E-state index contributed by atoms with van der Waals surface area (Å²) < 4.78 is 5.28. The van der Waals surface area contributed by atoms with Gasteiger partial charge in [-0.25, -0.2) is 4.98 Å². The maximum absolute atomic E-state index is 13.0. The predicted molar refractivity (Wildman–Crippen MR) is 93.8 cm³/mol. The average molecular weight is 352 g/mol. The SMILES string of the molecule is Cc1noc2nc(-c3cccc([N+](=O)[O-])c3)cc(C(=O)N3CCCC3)c12. The molecular weight excluding hydrogens is 336 g/mol. The Bertz CT molecular complexity index is 1020. The maximum Gasteiger partial charge on any atom is 0.270 e. The number of rotatable bonds is 3. The van der Waals surface area contributed by atoms with Crippen molar-refractivity contribution >= 4 is 22.7 Å². The molecule has 26 heavy (non-hydrogen) atoms. The molecular formula is C18H16N4O4. The molecule has 1 amide bonds. The van der Waals surface area contributed by atoms with Crippen molar-refractivity contribution in [3.8, 4) is 11.3 Å². The lowest BCUT2D eigenvalue weighted by atomic mass is 10.0. The molecule has 8 heteroatoms. The highest BCUT2D eigenvalue weighted by Crippen LogP contribution is 2.30. The lowest BCUT2D eigenvalue weighted by molar-refractivity contribution is -0.384. The molecule has 8 nitrogen and oxygen atoms in total. The molecule has 0 radical (unpaired) electrons. The maximum atomic E-state index is 13.0. The van der Waals surface area contributed by atoms with Gasteiger partial charge < -0.3 is 9.42 Å². The van der Waals surface area contributed by atoms with Gasteiger partial charge in [0.2, 0.25) is 0 Å². The van der Waals surface area contributed by atoms with Gasteiger partial charge in [-0.3, -0.25) is 14.9 Å². The molecule has 4 rings (SSSR count). The second kappa shape index (κ2) is 6.21. The molecule has 0 N–H and O–H groups in total. The number of likely N-dealkylation sites (tertiary alicyclic amines) is 1. The van der Waals surface area contributed by atoms with Gasteiger partial charge in [0.25, 0.3) is 17.3 Å². The molecule has 1 aliphatic heterocycles.